The molecule has 0 saturated heterocycles. The minimum absolute atomic E-state index is 0.0693. The van der Waals surface area contributed by atoms with Gasteiger partial charge in [-0.05, 0) is 0 Å². The molecule has 0 saturated carbocycles. The van der Waals surface area contributed by atoms with Crippen molar-refractivity contribution in [2.75, 3.05) is 6.54 Å². The maximum Gasteiger partial charge on any atom is 0.207 e. The number of hydrogen-bond donors (Lipinski definition) is 1. The summed E-state index contributed by atoms with van der Waals surface area (Å²) < 4.78 is 0. The summed E-state index contributed by atoms with van der Waals surface area (Å²) in [5.74, 6) is -0.0693. The van der Waals surface area contributed by atoms with Gasteiger partial charge in [-0.3, -0.25) is 4.79 Å². The fourth-order valence-electron chi connectivity index (χ4n) is 0.282. The van der Waals surface area contributed by atoms with Gasteiger partial charge in [-0.15, -0.1) is 0 Å². The standard InChI is InChI=1S/C5H9NO2/c1-5(3-7)2-6-4-8/h3-5H,2H2,1H3,(H,6,8). The molecule has 0 radical (unpaired) electrons. The molecule has 8 heavy (non-hydrogen) atoms. The first-order valence-electron chi connectivity index (χ1n) is 2.43. The van der Waals surface area contributed by atoms with Crippen LogP contribution in [0.15, 0.2) is 0 Å². The van der Waals surface area contributed by atoms with Gasteiger partial charge < -0.3 is 10.1 Å². The van der Waals surface area contributed by atoms with Crippen LogP contribution in [0.1, 0.15) is 6.92 Å². The molecule has 0 rings (SSSR count). The van der Waals surface area contributed by atoms with Crippen molar-refractivity contribution in [3.8, 4) is 0 Å². The van der Waals surface area contributed by atoms with Crippen LogP contribution in [0.2, 0.25) is 0 Å². The molecule has 0 aliphatic rings. The summed E-state index contributed by atoms with van der Waals surface area (Å²) in [5, 5.41) is 2.39. The van der Waals surface area contributed by atoms with E-state index in [4.69, 9.17) is 0 Å². The Hall–Kier alpha value is -0.860. The van der Waals surface area contributed by atoms with Crippen LogP contribution in [-0.4, -0.2) is 19.2 Å². The summed E-state index contributed by atoms with van der Waals surface area (Å²) in [6.45, 7) is 2.18. The van der Waals surface area contributed by atoms with Crippen LogP contribution in [0.25, 0.3) is 0 Å². The van der Waals surface area contributed by atoms with Crippen molar-refractivity contribution in [3.05, 3.63) is 0 Å². The molecular formula is C5H9NO2. The summed E-state index contributed by atoms with van der Waals surface area (Å²) in [5.41, 5.74) is 0. The molecule has 0 aliphatic heterocycles. The largest absolute Gasteiger partial charge is 0.358 e. The van der Waals surface area contributed by atoms with E-state index in [0.717, 1.165) is 6.29 Å². The zero-order valence-corrected chi connectivity index (χ0v) is 4.76. The average molecular weight is 115 g/mol. The molecule has 0 aromatic rings. The maximum atomic E-state index is 9.85. The van der Waals surface area contributed by atoms with Crippen molar-refractivity contribution in [2.24, 2.45) is 5.92 Å². The Bertz CT molecular complexity index is 82.5. The number of aldehydes is 1. The first-order valence-corrected chi connectivity index (χ1v) is 2.43. The molecule has 0 aromatic carbocycles. The van der Waals surface area contributed by atoms with Gasteiger partial charge in [0, 0.05) is 12.5 Å². The van der Waals surface area contributed by atoms with Gasteiger partial charge in [0.05, 0.1) is 0 Å². The van der Waals surface area contributed by atoms with Crippen molar-refractivity contribution in [3.63, 3.8) is 0 Å². The molecule has 1 unspecified atom stereocenters. The van der Waals surface area contributed by atoms with Crippen molar-refractivity contribution in [1.29, 1.82) is 0 Å². The van der Waals surface area contributed by atoms with Gasteiger partial charge in [0.25, 0.3) is 0 Å². The number of carbonyl (C=O) groups excluding carboxylic acids is 2. The molecule has 3 heteroatoms. The van der Waals surface area contributed by atoms with Crippen molar-refractivity contribution < 1.29 is 9.59 Å². The lowest BCUT2D eigenvalue weighted by molar-refractivity contribution is -0.111. The van der Waals surface area contributed by atoms with E-state index in [1.165, 1.54) is 0 Å². The fourth-order valence-corrected chi connectivity index (χ4v) is 0.282. The molecule has 0 heterocycles. The molecular weight excluding hydrogens is 106 g/mol. The quantitative estimate of drug-likeness (QED) is 0.505. The van der Waals surface area contributed by atoms with Crippen molar-refractivity contribution >= 4 is 12.7 Å². The fraction of sp³-hybridized carbons (Fsp3) is 0.600. The lowest BCUT2D eigenvalue weighted by Crippen LogP contribution is -2.19. The number of nitrogens with one attached hydrogen (secondary N) is 1. The molecule has 0 spiro atoms. The van der Waals surface area contributed by atoms with Crippen molar-refractivity contribution in [1.82, 2.24) is 5.32 Å². The van der Waals surface area contributed by atoms with Gasteiger partial charge in [-0.1, -0.05) is 6.92 Å². The SMILES string of the molecule is CC(C=O)CNC=O. The van der Waals surface area contributed by atoms with E-state index in [1.54, 1.807) is 6.92 Å². The van der Waals surface area contributed by atoms with Gasteiger partial charge in [0.1, 0.15) is 6.29 Å². The summed E-state index contributed by atoms with van der Waals surface area (Å²) in [6, 6.07) is 0. The van der Waals surface area contributed by atoms with Crippen LogP contribution in [0.5, 0.6) is 0 Å². The highest BCUT2D eigenvalue weighted by Gasteiger charge is 1.94. The number of hydrogen-bond acceptors (Lipinski definition) is 2. The zero-order valence-electron chi connectivity index (χ0n) is 4.76. The van der Waals surface area contributed by atoms with Crippen molar-refractivity contribution in [2.45, 2.75) is 6.92 Å². The highest BCUT2D eigenvalue weighted by atomic mass is 16.1. The summed E-state index contributed by atoms with van der Waals surface area (Å²) in [4.78, 5) is 19.5. The second-order valence-electron chi connectivity index (χ2n) is 1.64. The number of rotatable bonds is 4. The number of carbonyl (C=O) groups is 2. The Balaban J connectivity index is 3.09. The third kappa shape index (κ3) is 3.33. The summed E-state index contributed by atoms with van der Waals surface area (Å²) in [6.07, 6.45) is 1.39. The van der Waals surface area contributed by atoms with Gasteiger partial charge in [-0.2, -0.15) is 0 Å². The first-order chi connectivity index (χ1) is 3.81. The van der Waals surface area contributed by atoms with E-state index in [0.29, 0.717) is 13.0 Å². The second kappa shape index (κ2) is 4.30. The highest BCUT2D eigenvalue weighted by molar-refractivity contribution is 5.54. The predicted octanol–water partition coefficient (Wildman–Crippen LogP) is -0.433. The smallest absolute Gasteiger partial charge is 0.207 e. The third-order valence-electron chi connectivity index (χ3n) is 0.755. The molecule has 0 fully saturated rings. The van der Waals surface area contributed by atoms with Crippen LogP contribution in [0, 0.1) is 5.92 Å². The Morgan fingerprint density at radius 2 is 2.25 bits per heavy atom. The first kappa shape index (κ1) is 7.14. The summed E-state index contributed by atoms with van der Waals surface area (Å²) in [7, 11) is 0. The molecule has 0 aliphatic carbocycles. The molecule has 3 nitrogen and oxygen atoms in total. The van der Waals surface area contributed by atoms with Crippen LogP contribution < -0.4 is 5.32 Å². The molecule has 1 amide bonds. The molecule has 1 atom stereocenters. The van der Waals surface area contributed by atoms with Crippen LogP contribution in [0.3, 0.4) is 0 Å². The minimum atomic E-state index is -0.0693. The molecule has 46 valence electrons. The minimum Gasteiger partial charge on any atom is -0.358 e. The molecule has 1 N–H and O–H groups in total. The Morgan fingerprint density at radius 1 is 1.62 bits per heavy atom. The zero-order chi connectivity index (χ0) is 6.41. The Kier molecular flexibility index (Phi) is 3.84. The van der Waals surface area contributed by atoms with Gasteiger partial charge in [-0.25, -0.2) is 0 Å². The van der Waals surface area contributed by atoms with E-state index < -0.39 is 0 Å². The van der Waals surface area contributed by atoms with Crippen LogP contribution >= 0.6 is 0 Å². The van der Waals surface area contributed by atoms with E-state index in [9.17, 15) is 9.59 Å². The lowest BCUT2D eigenvalue weighted by atomic mass is 10.2. The second-order valence-corrected chi connectivity index (χ2v) is 1.64. The van der Waals surface area contributed by atoms with Crippen LogP contribution in [-0.2, 0) is 9.59 Å². The van der Waals surface area contributed by atoms with E-state index >= 15 is 0 Å². The van der Waals surface area contributed by atoms with Gasteiger partial charge in [0.2, 0.25) is 6.41 Å². The van der Waals surface area contributed by atoms with Gasteiger partial charge in [0.15, 0.2) is 0 Å². The van der Waals surface area contributed by atoms with Crippen LogP contribution in [0.4, 0.5) is 0 Å². The topological polar surface area (TPSA) is 46.2 Å². The monoisotopic (exact) mass is 115 g/mol. The molecule has 0 aromatic heterocycles. The Labute approximate surface area is 48.1 Å². The number of amides is 1. The average Bonchev–Trinajstić information content (AvgIpc) is 1.83. The molecule has 0 bridgehead atoms. The normalized spacial score (nSPS) is 12.1. The highest BCUT2D eigenvalue weighted by Crippen LogP contribution is 1.81. The lowest BCUT2D eigenvalue weighted by Gasteiger charge is -1.97. The van der Waals surface area contributed by atoms with E-state index in [2.05, 4.69) is 5.32 Å². The van der Waals surface area contributed by atoms with E-state index in [-0.39, 0.29) is 5.92 Å². The Morgan fingerprint density at radius 3 is 2.62 bits per heavy atom. The maximum absolute atomic E-state index is 9.85. The van der Waals surface area contributed by atoms with Gasteiger partial charge >= 0.3 is 0 Å². The summed E-state index contributed by atoms with van der Waals surface area (Å²) >= 11 is 0. The third-order valence-corrected chi connectivity index (χ3v) is 0.755. The predicted molar refractivity (Wildman–Crippen MR) is 29.3 cm³/mol. The van der Waals surface area contributed by atoms with E-state index in [1.807, 2.05) is 0 Å².